The number of hydrogen-bond acceptors (Lipinski definition) is 8. The highest BCUT2D eigenvalue weighted by molar-refractivity contribution is 6.07. The third-order valence-electron chi connectivity index (χ3n) is 5.58. The molecule has 0 unspecified atom stereocenters. The number of benzene rings is 2. The van der Waals surface area contributed by atoms with E-state index in [1.165, 1.54) is 6.20 Å². The number of fused-ring (bicyclic) bond motifs is 1. The van der Waals surface area contributed by atoms with Crippen LogP contribution in [-0.2, 0) is 20.7 Å². The van der Waals surface area contributed by atoms with Gasteiger partial charge < -0.3 is 29.2 Å². The molecule has 0 spiro atoms. The Morgan fingerprint density at radius 3 is 2.29 bits per heavy atom. The highest BCUT2D eigenvalue weighted by Gasteiger charge is 2.27. The molecule has 9 heteroatoms. The van der Waals surface area contributed by atoms with Gasteiger partial charge in [-0.2, -0.15) is 0 Å². The Hall–Kier alpha value is -4.53. The lowest BCUT2D eigenvalue weighted by atomic mass is 10.1. The zero-order valence-corrected chi connectivity index (χ0v) is 21.9. The molecule has 2 aromatic carbocycles. The van der Waals surface area contributed by atoms with Gasteiger partial charge in [0.2, 0.25) is 5.88 Å². The van der Waals surface area contributed by atoms with Crippen LogP contribution in [0.4, 0.5) is 5.69 Å². The van der Waals surface area contributed by atoms with Crippen LogP contribution in [-0.4, -0.2) is 40.8 Å². The molecule has 0 atom stereocenters. The fourth-order valence-electron chi connectivity index (χ4n) is 4.15. The van der Waals surface area contributed by atoms with Crippen molar-refractivity contribution in [3.05, 3.63) is 72.1 Å². The number of ether oxygens (including phenoxy) is 4. The Labute approximate surface area is 221 Å². The predicted molar refractivity (Wildman–Crippen MR) is 144 cm³/mol. The molecule has 0 saturated heterocycles. The molecular weight excluding hydrogens is 486 g/mol. The van der Waals surface area contributed by atoms with Crippen molar-refractivity contribution in [3.8, 4) is 23.1 Å². The largest absolute Gasteiger partial charge is 0.491 e. The van der Waals surface area contributed by atoms with Gasteiger partial charge in [0.15, 0.2) is 0 Å². The second-order valence-electron chi connectivity index (χ2n) is 8.73. The van der Waals surface area contributed by atoms with E-state index >= 15 is 0 Å². The molecule has 0 radical (unpaired) electrons. The number of esters is 2. The molecule has 198 valence electrons. The fraction of sp³-hybridized carbons (Fsp3) is 0.276. The summed E-state index contributed by atoms with van der Waals surface area (Å²) in [5, 5.41) is 0.568. The van der Waals surface area contributed by atoms with Crippen LogP contribution in [0.25, 0.3) is 16.6 Å². The van der Waals surface area contributed by atoms with Crippen LogP contribution in [0.5, 0.6) is 17.4 Å². The maximum absolute atomic E-state index is 13.3. The number of rotatable bonds is 10. The molecular formula is C29H31N3O6. The number of carbonyl (C=O) groups is 2. The molecule has 4 aromatic rings. The summed E-state index contributed by atoms with van der Waals surface area (Å²) in [6.07, 6.45) is 1.40. The highest BCUT2D eigenvalue weighted by atomic mass is 16.5. The monoisotopic (exact) mass is 517 g/mol. The van der Waals surface area contributed by atoms with Gasteiger partial charge in [-0.05, 0) is 76.2 Å². The molecule has 2 heterocycles. The average Bonchev–Trinajstić information content (AvgIpc) is 3.18. The quantitative estimate of drug-likeness (QED) is 0.275. The maximum Gasteiger partial charge on any atom is 0.340 e. The fourth-order valence-corrected chi connectivity index (χ4v) is 4.15. The Morgan fingerprint density at radius 2 is 1.66 bits per heavy atom. The van der Waals surface area contributed by atoms with E-state index in [2.05, 4.69) is 4.98 Å². The number of pyridine rings is 1. The summed E-state index contributed by atoms with van der Waals surface area (Å²) in [4.78, 5) is 30.1. The average molecular weight is 518 g/mol. The van der Waals surface area contributed by atoms with Crippen LogP contribution in [0.15, 0.2) is 60.8 Å². The van der Waals surface area contributed by atoms with Gasteiger partial charge in [-0.1, -0.05) is 0 Å². The molecule has 0 bridgehead atoms. The van der Waals surface area contributed by atoms with E-state index < -0.39 is 11.9 Å². The van der Waals surface area contributed by atoms with E-state index in [9.17, 15) is 9.59 Å². The molecule has 2 aromatic heterocycles. The van der Waals surface area contributed by atoms with Crippen LogP contribution in [0, 0.1) is 0 Å². The first-order valence-electron chi connectivity index (χ1n) is 12.5. The van der Waals surface area contributed by atoms with E-state index in [1.54, 1.807) is 38.1 Å². The molecule has 2 N–H and O–H groups in total. The maximum atomic E-state index is 13.3. The third kappa shape index (κ3) is 5.88. The summed E-state index contributed by atoms with van der Waals surface area (Å²) in [5.74, 6) is 0.524. The van der Waals surface area contributed by atoms with Crippen LogP contribution in [0.3, 0.4) is 0 Å². The van der Waals surface area contributed by atoms with E-state index in [0.29, 0.717) is 39.7 Å². The number of nitrogens with zero attached hydrogens (tertiary/aromatic N) is 2. The van der Waals surface area contributed by atoms with Gasteiger partial charge in [0, 0.05) is 22.8 Å². The summed E-state index contributed by atoms with van der Waals surface area (Å²) < 4.78 is 24.2. The topological polar surface area (TPSA) is 115 Å². The van der Waals surface area contributed by atoms with Crippen molar-refractivity contribution < 1.29 is 28.5 Å². The molecule has 4 rings (SSSR count). The number of anilines is 1. The minimum Gasteiger partial charge on any atom is -0.491 e. The van der Waals surface area contributed by atoms with E-state index in [-0.39, 0.29) is 31.3 Å². The zero-order chi connectivity index (χ0) is 27.2. The summed E-state index contributed by atoms with van der Waals surface area (Å²) >= 11 is 0. The van der Waals surface area contributed by atoms with Gasteiger partial charge in [-0.25, -0.2) is 9.78 Å². The summed E-state index contributed by atoms with van der Waals surface area (Å²) in [6, 6.07) is 16.1. The van der Waals surface area contributed by atoms with Crippen LogP contribution < -0.4 is 15.2 Å². The lowest BCUT2D eigenvalue weighted by Gasteiger charge is -2.14. The standard InChI is InChI=1S/C29H31N3O6/c1-5-35-27(33)16-25-28(29(34)36-6-2)23-15-22(38-26-14-7-19(30)17-31-26)12-13-24(23)32(25)20-8-10-21(11-9-20)37-18(3)4/h7-15,17-18H,5-6,16,30H2,1-4H3. The summed E-state index contributed by atoms with van der Waals surface area (Å²) in [6.45, 7) is 7.78. The van der Waals surface area contributed by atoms with Gasteiger partial charge in [0.05, 0.1) is 48.7 Å². The number of carbonyl (C=O) groups excluding carboxylic acids is 2. The Balaban J connectivity index is 1.90. The molecule has 0 aliphatic rings. The SMILES string of the molecule is CCOC(=O)Cc1c(C(=O)OCC)c2cc(Oc3ccc(N)cn3)ccc2n1-c1ccc(OC(C)C)cc1. The van der Waals surface area contributed by atoms with Crippen molar-refractivity contribution in [2.45, 2.75) is 40.2 Å². The molecule has 0 amide bonds. The van der Waals surface area contributed by atoms with Crippen molar-refractivity contribution in [3.63, 3.8) is 0 Å². The smallest absolute Gasteiger partial charge is 0.340 e. The van der Waals surface area contributed by atoms with Gasteiger partial charge in [-0.15, -0.1) is 0 Å². The van der Waals surface area contributed by atoms with Crippen molar-refractivity contribution in [2.24, 2.45) is 0 Å². The molecule has 0 aliphatic heterocycles. The Bertz CT molecular complexity index is 1430. The number of hydrogen-bond donors (Lipinski definition) is 1. The van der Waals surface area contributed by atoms with Gasteiger partial charge in [-0.3, -0.25) is 4.79 Å². The third-order valence-corrected chi connectivity index (χ3v) is 5.58. The Morgan fingerprint density at radius 1 is 0.947 bits per heavy atom. The molecule has 38 heavy (non-hydrogen) atoms. The van der Waals surface area contributed by atoms with E-state index in [4.69, 9.17) is 24.7 Å². The highest BCUT2D eigenvalue weighted by Crippen LogP contribution is 2.35. The summed E-state index contributed by atoms with van der Waals surface area (Å²) in [5.41, 5.74) is 8.41. The van der Waals surface area contributed by atoms with Crippen molar-refractivity contribution >= 4 is 28.5 Å². The van der Waals surface area contributed by atoms with Crippen molar-refractivity contribution in [2.75, 3.05) is 18.9 Å². The Kier molecular flexibility index (Phi) is 8.15. The molecule has 9 nitrogen and oxygen atoms in total. The molecule has 0 aliphatic carbocycles. The van der Waals surface area contributed by atoms with Crippen molar-refractivity contribution in [1.29, 1.82) is 0 Å². The minimum atomic E-state index is -0.543. The lowest BCUT2D eigenvalue weighted by Crippen LogP contribution is -2.15. The van der Waals surface area contributed by atoms with Gasteiger partial charge >= 0.3 is 11.9 Å². The zero-order valence-electron chi connectivity index (χ0n) is 21.9. The second-order valence-corrected chi connectivity index (χ2v) is 8.73. The normalized spacial score (nSPS) is 11.0. The number of nitrogen functional groups attached to an aromatic ring is 1. The first kappa shape index (κ1) is 26.5. The molecule has 0 fully saturated rings. The molecule has 0 saturated carbocycles. The first-order valence-corrected chi connectivity index (χ1v) is 12.5. The number of aromatic nitrogens is 2. The predicted octanol–water partition coefficient (Wildman–Crippen LogP) is 5.47. The van der Waals surface area contributed by atoms with Gasteiger partial charge in [0.1, 0.15) is 11.5 Å². The lowest BCUT2D eigenvalue weighted by molar-refractivity contribution is -0.142. The van der Waals surface area contributed by atoms with Crippen LogP contribution >= 0.6 is 0 Å². The van der Waals surface area contributed by atoms with Crippen LogP contribution in [0.2, 0.25) is 0 Å². The van der Waals surface area contributed by atoms with E-state index in [0.717, 1.165) is 5.69 Å². The van der Waals surface area contributed by atoms with Gasteiger partial charge in [0.25, 0.3) is 0 Å². The number of nitrogens with two attached hydrogens (primary N) is 1. The van der Waals surface area contributed by atoms with Crippen LogP contribution in [0.1, 0.15) is 43.7 Å². The first-order chi connectivity index (χ1) is 18.3. The summed E-state index contributed by atoms with van der Waals surface area (Å²) in [7, 11) is 0. The minimum absolute atomic E-state index is 0.0250. The van der Waals surface area contributed by atoms with E-state index in [1.807, 2.05) is 48.7 Å². The van der Waals surface area contributed by atoms with Crippen molar-refractivity contribution in [1.82, 2.24) is 9.55 Å². The second kappa shape index (κ2) is 11.7.